The molecule has 1 fully saturated rings. The molecular formula is C8H9NO2S. The second-order valence-corrected chi connectivity index (χ2v) is 3.66. The lowest BCUT2D eigenvalue weighted by Crippen LogP contribution is -2.01. The van der Waals surface area contributed by atoms with Crippen LogP contribution in [0.1, 0.15) is 23.3 Å². The number of aromatic nitrogens is 1. The van der Waals surface area contributed by atoms with Gasteiger partial charge < -0.3 is 4.74 Å². The van der Waals surface area contributed by atoms with E-state index in [9.17, 15) is 4.79 Å². The van der Waals surface area contributed by atoms with Gasteiger partial charge in [0.05, 0.1) is 7.11 Å². The van der Waals surface area contributed by atoms with Gasteiger partial charge in [-0.25, -0.2) is 0 Å². The van der Waals surface area contributed by atoms with Crippen LogP contribution in [0.2, 0.25) is 0 Å². The lowest BCUT2D eigenvalue weighted by molar-refractivity contribution is 0.0963. The third kappa shape index (κ3) is 1.34. The average molecular weight is 183 g/mol. The second kappa shape index (κ2) is 2.86. The Balaban J connectivity index is 2.16. The number of hydrogen-bond donors (Lipinski definition) is 0. The molecule has 12 heavy (non-hydrogen) atoms. The smallest absolute Gasteiger partial charge is 0.273 e. The van der Waals surface area contributed by atoms with Gasteiger partial charge in [-0.3, -0.25) is 4.79 Å². The minimum Gasteiger partial charge on any atom is -0.473 e. The molecule has 1 aromatic rings. The van der Waals surface area contributed by atoms with Crippen LogP contribution in [0.15, 0.2) is 5.38 Å². The molecule has 2 rings (SSSR count). The maximum Gasteiger partial charge on any atom is 0.273 e. The number of ketones is 1. The van der Waals surface area contributed by atoms with Crippen molar-refractivity contribution >= 4 is 17.1 Å². The van der Waals surface area contributed by atoms with Crippen LogP contribution in [-0.4, -0.2) is 17.9 Å². The summed E-state index contributed by atoms with van der Waals surface area (Å²) in [7, 11) is 1.56. The van der Waals surface area contributed by atoms with Crippen LogP contribution in [0.25, 0.3) is 0 Å². The Labute approximate surface area is 74.4 Å². The summed E-state index contributed by atoms with van der Waals surface area (Å²) >= 11 is 1.37. The van der Waals surface area contributed by atoms with Crippen molar-refractivity contribution in [1.29, 1.82) is 0 Å². The number of Topliss-reactive ketones (excluding diaryl/α,β-unsaturated/α-hetero) is 1. The number of carbonyl (C=O) groups excluding carboxylic acids is 1. The first kappa shape index (κ1) is 7.73. The average Bonchev–Trinajstić information content (AvgIpc) is 2.82. The largest absolute Gasteiger partial charge is 0.473 e. The zero-order valence-corrected chi connectivity index (χ0v) is 7.56. The standard InChI is InChI=1S/C8H9NO2S/c1-11-8-9-6(4-12-8)7(10)5-2-3-5/h4-5H,2-3H2,1H3. The molecule has 0 aliphatic heterocycles. The van der Waals surface area contributed by atoms with Crippen LogP contribution in [0.3, 0.4) is 0 Å². The Morgan fingerprint density at radius 1 is 1.75 bits per heavy atom. The molecule has 0 aromatic carbocycles. The SMILES string of the molecule is COc1nc(C(=O)C2CC2)cs1. The quantitative estimate of drug-likeness (QED) is 0.670. The van der Waals surface area contributed by atoms with Crippen molar-refractivity contribution in [1.82, 2.24) is 4.98 Å². The molecule has 1 aliphatic carbocycles. The van der Waals surface area contributed by atoms with Crippen LogP contribution in [-0.2, 0) is 0 Å². The van der Waals surface area contributed by atoms with Gasteiger partial charge in [0.2, 0.25) is 0 Å². The topological polar surface area (TPSA) is 39.2 Å². The number of ether oxygens (including phenoxy) is 1. The first-order chi connectivity index (χ1) is 5.81. The number of nitrogens with zero attached hydrogens (tertiary/aromatic N) is 1. The monoisotopic (exact) mass is 183 g/mol. The van der Waals surface area contributed by atoms with Crippen molar-refractivity contribution in [3.05, 3.63) is 11.1 Å². The van der Waals surface area contributed by atoms with Gasteiger partial charge in [-0.1, -0.05) is 11.3 Å². The first-order valence-electron chi connectivity index (χ1n) is 3.85. The van der Waals surface area contributed by atoms with E-state index in [0.29, 0.717) is 10.9 Å². The van der Waals surface area contributed by atoms with Gasteiger partial charge >= 0.3 is 0 Å². The van der Waals surface area contributed by atoms with Gasteiger partial charge in [0.1, 0.15) is 5.69 Å². The van der Waals surface area contributed by atoms with Gasteiger partial charge in [-0.15, -0.1) is 0 Å². The van der Waals surface area contributed by atoms with Crippen LogP contribution in [0, 0.1) is 5.92 Å². The van der Waals surface area contributed by atoms with E-state index in [-0.39, 0.29) is 11.7 Å². The van der Waals surface area contributed by atoms with Crippen LogP contribution in [0.4, 0.5) is 0 Å². The molecule has 0 N–H and O–H groups in total. The highest BCUT2D eigenvalue weighted by molar-refractivity contribution is 7.11. The molecule has 64 valence electrons. The fourth-order valence-electron chi connectivity index (χ4n) is 1.02. The maximum absolute atomic E-state index is 11.4. The van der Waals surface area contributed by atoms with E-state index in [1.807, 2.05) is 0 Å². The van der Waals surface area contributed by atoms with Crippen molar-refractivity contribution in [3.63, 3.8) is 0 Å². The minimum absolute atomic E-state index is 0.176. The molecular weight excluding hydrogens is 174 g/mol. The number of carbonyl (C=O) groups is 1. The number of thiazole rings is 1. The second-order valence-electron chi connectivity index (χ2n) is 2.84. The van der Waals surface area contributed by atoms with E-state index in [0.717, 1.165) is 12.8 Å². The summed E-state index contributed by atoms with van der Waals surface area (Å²) in [5.41, 5.74) is 0.569. The molecule has 0 bridgehead atoms. The van der Waals surface area contributed by atoms with E-state index >= 15 is 0 Å². The lowest BCUT2D eigenvalue weighted by atomic mass is 10.2. The Kier molecular flexibility index (Phi) is 1.84. The van der Waals surface area contributed by atoms with Crippen LogP contribution >= 0.6 is 11.3 Å². The Bertz CT molecular complexity index is 304. The molecule has 0 unspecified atom stereocenters. The third-order valence-electron chi connectivity index (χ3n) is 1.86. The summed E-state index contributed by atoms with van der Waals surface area (Å²) < 4.78 is 4.90. The molecule has 0 spiro atoms. The predicted molar refractivity (Wildman–Crippen MR) is 45.7 cm³/mol. The molecule has 3 nitrogen and oxygen atoms in total. The number of methoxy groups -OCH3 is 1. The fraction of sp³-hybridized carbons (Fsp3) is 0.500. The van der Waals surface area contributed by atoms with Crippen molar-refractivity contribution in [2.45, 2.75) is 12.8 Å². The highest BCUT2D eigenvalue weighted by atomic mass is 32.1. The molecule has 1 heterocycles. The van der Waals surface area contributed by atoms with Crippen molar-refractivity contribution in [3.8, 4) is 5.19 Å². The van der Waals surface area contributed by atoms with E-state index in [2.05, 4.69) is 4.98 Å². The summed E-state index contributed by atoms with van der Waals surface area (Å²) in [4.78, 5) is 15.5. The number of rotatable bonds is 3. The Morgan fingerprint density at radius 2 is 2.50 bits per heavy atom. The van der Waals surface area contributed by atoms with Crippen molar-refractivity contribution in [2.75, 3.05) is 7.11 Å². The predicted octanol–water partition coefficient (Wildman–Crippen LogP) is 1.74. The van der Waals surface area contributed by atoms with E-state index in [1.54, 1.807) is 12.5 Å². The highest BCUT2D eigenvalue weighted by Gasteiger charge is 2.31. The molecule has 0 atom stereocenters. The molecule has 1 saturated carbocycles. The third-order valence-corrected chi connectivity index (χ3v) is 2.66. The van der Waals surface area contributed by atoms with Gasteiger partial charge in [0, 0.05) is 11.3 Å². The lowest BCUT2D eigenvalue weighted by Gasteiger charge is -1.90. The van der Waals surface area contributed by atoms with Gasteiger partial charge in [0.15, 0.2) is 5.78 Å². The number of hydrogen-bond acceptors (Lipinski definition) is 4. The summed E-state index contributed by atoms with van der Waals surface area (Å²) in [6, 6.07) is 0. The van der Waals surface area contributed by atoms with E-state index < -0.39 is 0 Å². The highest BCUT2D eigenvalue weighted by Crippen LogP contribution is 2.33. The summed E-state index contributed by atoms with van der Waals surface area (Å²) in [5.74, 6) is 0.423. The normalized spacial score (nSPS) is 16.1. The van der Waals surface area contributed by atoms with Gasteiger partial charge in [-0.05, 0) is 12.8 Å². The fourth-order valence-corrected chi connectivity index (χ4v) is 1.65. The summed E-state index contributed by atoms with van der Waals surface area (Å²) in [5, 5.41) is 2.33. The summed E-state index contributed by atoms with van der Waals surface area (Å²) in [6.07, 6.45) is 2.05. The molecule has 0 saturated heterocycles. The molecule has 1 aromatic heterocycles. The van der Waals surface area contributed by atoms with Crippen molar-refractivity contribution < 1.29 is 9.53 Å². The van der Waals surface area contributed by atoms with Crippen molar-refractivity contribution in [2.24, 2.45) is 5.92 Å². The van der Waals surface area contributed by atoms with Crippen LogP contribution in [0.5, 0.6) is 5.19 Å². The molecule has 0 radical (unpaired) electrons. The van der Waals surface area contributed by atoms with E-state index in [1.165, 1.54) is 11.3 Å². The zero-order valence-electron chi connectivity index (χ0n) is 6.74. The molecule has 1 aliphatic rings. The van der Waals surface area contributed by atoms with E-state index in [4.69, 9.17) is 4.74 Å². The maximum atomic E-state index is 11.4. The summed E-state index contributed by atoms with van der Waals surface area (Å²) in [6.45, 7) is 0. The van der Waals surface area contributed by atoms with Crippen LogP contribution < -0.4 is 4.74 Å². The molecule has 4 heteroatoms. The molecule has 0 amide bonds. The zero-order chi connectivity index (χ0) is 8.55. The Morgan fingerprint density at radius 3 is 3.00 bits per heavy atom. The minimum atomic E-state index is 0.176. The Hall–Kier alpha value is -0.900. The van der Waals surface area contributed by atoms with Gasteiger partial charge in [0.25, 0.3) is 5.19 Å². The first-order valence-corrected chi connectivity index (χ1v) is 4.73. The van der Waals surface area contributed by atoms with Gasteiger partial charge in [-0.2, -0.15) is 4.98 Å².